The largest absolute Gasteiger partial charge is 0.455 e. The monoisotopic (exact) mass is 349 g/mol. The van der Waals surface area contributed by atoms with Gasteiger partial charge in [-0.2, -0.15) is 0 Å². The molecule has 0 radical (unpaired) electrons. The lowest BCUT2D eigenvalue weighted by molar-refractivity contribution is 0.425. The average molecular weight is 349 g/mol. The zero-order valence-corrected chi connectivity index (χ0v) is 15.0. The standard InChI is InChI=1S/C20H23N5O/c1-25(2)13-12-21-19-14-20(23-15-22-19)24-17-10-6-7-11-18(17)26-16-8-4-3-5-9-16/h3-11,14-15H,12-13H2,1-2H3,(H2,21,22,23,24). The molecule has 1 heterocycles. The van der Waals surface area contributed by atoms with Crippen molar-refractivity contribution in [2.24, 2.45) is 0 Å². The van der Waals surface area contributed by atoms with Crippen LogP contribution < -0.4 is 15.4 Å². The Balaban J connectivity index is 1.71. The maximum atomic E-state index is 5.98. The second kappa shape index (κ2) is 8.82. The fourth-order valence-electron chi connectivity index (χ4n) is 2.34. The summed E-state index contributed by atoms with van der Waals surface area (Å²) in [5.41, 5.74) is 0.842. The molecule has 6 nitrogen and oxygen atoms in total. The van der Waals surface area contributed by atoms with E-state index < -0.39 is 0 Å². The highest BCUT2D eigenvalue weighted by Crippen LogP contribution is 2.31. The number of benzene rings is 2. The number of anilines is 3. The third kappa shape index (κ3) is 5.19. The predicted molar refractivity (Wildman–Crippen MR) is 105 cm³/mol. The molecule has 0 aliphatic carbocycles. The number of aromatic nitrogens is 2. The van der Waals surface area contributed by atoms with Gasteiger partial charge in [0, 0.05) is 19.2 Å². The van der Waals surface area contributed by atoms with Crippen LogP contribution in [0.25, 0.3) is 0 Å². The van der Waals surface area contributed by atoms with Crippen LogP contribution in [0.4, 0.5) is 17.3 Å². The van der Waals surface area contributed by atoms with Gasteiger partial charge >= 0.3 is 0 Å². The van der Waals surface area contributed by atoms with Crippen molar-refractivity contribution in [3.63, 3.8) is 0 Å². The number of likely N-dealkylation sites (N-methyl/N-ethyl adjacent to an activating group) is 1. The van der Waals surface area contributed by atoms with Crippen LogP contribution in [0.15, 0.2) is 67.0 Å². The topological polar surface area (TPSA) is 62.3 Å². The van der Waals surface area contributed by atoms with Gasteiger partial charge in [0.05, 0.1) is 5.69 Å². The van der Waals surface area contributed by atoms with Gasteiger partial charge in [0.2, 0.25) is 0 Å². The molecule has 0 saturated carbocycles. The normalized spacial score (nSPS) is 10.6. The summed E-state index contributed by atoms with van der Waals surface area (Å²) in [4.78, 5) is 10.7. The molecule has 0 spiro atoms. The van der Waals surface area contributed by atoms with Crippen molar-refractivity contribution in [1.82, 2.24) is 14.9 Å². The minimum absolute atomic E-state index is 0.705. The van der Waals surface area contributed by atoms with E-state index in [1.807, 2.05) is 74.8 Å². The first-order valence-corrected chi connectivity index (χ1v) is 8.50. The molecule has 0 saturated heterocycles. The molecule has 2 aromatic carbocycles. The van der Waals surface area contributed by atoms with Crippen LogP contribution in [0.1, 0.15) is 0 Å². The van der Waals surface area contributed by atoms with Crippen molar-refractivity contribution in [3.8, 4) is 11.5 Å². The van der Waals surface area contributed by atoms with E-state index in [0.29, 0.717) is 5.82 Å². The van der Waals surface area contributed by atoms with Crippen molar-refractivity contribution >= 4 is 17.3 Å². The van der Waals surface area contributed by atoms with Gasteiger partial charge in [-0.15, -0.1) is 0 Å². The summed E-state index contributed by atoms with van der Waals surface area (Å²) in [7, 11) is 4.08. The molecule has 0 fully saturated rings. The van der Waals surface area contributed by atoms with Crippen LogP contribution in [0.5, 0.6) is 11.5 Å². The Labute approximate surface area is 153 Å². The molecule has 0 atom stereocenters. The molecule has 0 aliphatic heterocycles. The lowest BCUT2D eigenvalue weighted by atomic mass is 10.3. The van der Waals surface area contributed by atoms with Crippen LogP contribution in [0.2, 0.25) is 0 Å². The van der Waals surface area contributed by atoms with Crippen LogP contribution in [-0.2, 0) is 0 Å². The molecule has 3 aromatic rings. The van der Waals surface area contributed by atoms with E-state index in [2.05, 4.69) is 25.5 Å². The van der Waals surface area contributed by atoms with Crippen LogP contribution in [0, 0.1) is 0 Å². The summed E-state index contributed by atoms with van der Waals surface area (Å²) in [6.45, 7) is 1.75. The number of nitrogens with one attached hydrogen (secondary N) is 2. The smallest absolute Gasteiger partial charge is 0.150 e. The Hall–Kier alpha value is -3.12. The van der Waals surface area contributed by atoms with E-state index in [1.165, 1.54) is 0 Å². The lowest BCUT2D eigenvalue weighted by Gasteiger charge is -2.14. The highest BCUT2D eigenvalue weighted by Gasteiger charge is 2.06. The Morgan fingerprint density at radius 1 is 0.923 bits per heavy atom. The van der Waals surface area contributed by atoms with Crippen molar-refractivity contribution in [1.29, 1.82) is 0 Å². The maximum absolute atomic E-state index is 5.98. The molecule has 0 unspecified atom stereocenters. The number of hydrogen-bond donors (Lipinski definition) is 2. The quantitative estimate of drug-likeness (QED) is 0.641. The van der Waals surface area contributed by atoms with E-state index >= 15 is 0 Å². The van der Waals surface area contributed by atoms with Gasteiger partial charge in [-0.1, -0.05) is 30.3 Å². The minimum Gasteiger partial charge on any atom is -0.455 e. The second-order valence-electron chi connectivity index (χ2n) is 6.05. The summed E-state index contributed by atoms with van der Waals surface area (Å²) in [6.07, 6.45) is 1.54. The predicted octanol–water partition coefficient (Wildman–Crippen LogP) is 3.99. The van der Waals surface area contributed by atoms with Gasteiger partial charge in [0.15, 0.2) is 5.75 Å². The molecule has 0 amide bonds. The fraction of sp³-hybridized carbons (Fsp3) is 0.200. The molecule has 6 heteroatoms. The first-order valence-electron chi connectivity index (χ1n) is 8.50. The summed E-state index contributed by atoms with van der Waals surface area (Å²) >= 11 is 0. The molecular formula is C20H23N5O. The van der Waals surface area contributed by atoms with Crippen molar-refractivity contribution in [2.75, 3.05) is 37.8 Å². The number of para-hydroxylation sites is 3. The van der Waals surface area contributed by atoms with Gasteiger partial charge < -0.3 is 20.3 Å². The van der Waals surface area contributed by atoms with E-state index in [4.69, 9.17) is 4.74 Å². The Morgan fingerprint density at radius 3 is 2.46 bits per heavy atom. The number of ether oxygens (including phenoxy) is 1. The van der Waals surface area contributed by atoms with Crippen molar-refractivity contribution in [2.45, 2.75) is 0 Å². The van der Waals surface area contributed by atoms with Gasteiger partial charge in [-0.25, -0.2) is 9.97 Å². The van der Waals surface area contributed by atoms with Crippen molar-refractivity contribution in [3.05, 3.63) is 67.0 Å². The third-order valence-corrected chi connectivity index (χ3v) is 3.65. The highest BCUT2D eigenvalue weighted by molar-refractivity contribution is 5.66. The molecule has 26 heavy (non-hydrogen) atoms. The van der Waals surface area contributed by atoms with E-state index in [1.54, 1.807) is 6.33 Å². The van der Waals surface area contributed by atoms with E-state index in [-0.39, 0.29) is 0 Å². The molecule has 2 N–H and O–H groups in total. The maximum Gasteiger partial charge on any atom is 0.150 e. The fourth-order valence-corrected chi connectivity index (χ4v) is 2.34. The minimum atomic E-state index is 0.705. The summed E-state index contributed by atoms with van der Waals surface area (Å²) in [5, 5.41) is 6.60. The SMILES string of the molecule is CN(C)CCNc1cc(Nc2ccccc2Oc2ccccc2)ncn1. The molecule has 3 rings (SSSR count). The van der Waals surface area contributed by atoms with Crippen LogP contribution in [-0.4, -0.2) is 42.1 Å². The number of nitrogens with zero attached hydrogens (tertiary/aromatic N) is 3. The lowest BCUT2D eigenvalue weighted by Crippen LogP contribution is -2.21. The van der Waals surface area contributed by atoms with Gasteiger partial charge in [-0.05, 0) is 38.4 Å². The van der Waals surface area contributed by atoms with E-state index in [9.17, 15) is 0 Å². The van der Waals surface area contributed by atoms with Gasteiger partial charge in [0.1, 0.15) is 23.7 Å². The van der Waals surface area contributed by atoms with Gasteiger partial charge in [-0.3, -0.25) is 0 Å². The first kappa shape index (κ1) is 17.7. The molecular weight excluding hydrogens is 326 g/mol. The van der Waals surface area contributed by atoms with Crippen LogP contribution in [0.3, 0.4) is 0 Å². The summed E-state index contributed by atoms with van der Waals surface area (Å²) in [5.74, 6) is 3.01. The molecule has 1 aromatic heterocycles. The second-order valence-corrected chi connectivity index (χ2v) is 6.05. The number of hydrogen-bond acceptors (Lipinski definition) is 6. The van der Waals surface area contributed by atoms with Crippen molar-refractivity contribution < 1.29 is 4.74 Å². The highest BCUT2D eigenvalue weighted by atomic mass is 16.5. The zero-order valence-electron chi connectivity index (χ0n) is 15.0. The zero-order chi connectivity index (χ0) is 18.2. The average Bonchev–Trinajstić information content (AvgIpc) is 2.64. The third-order valence-electron chi connectivity index (χ3n) is 3.65. The first-order chi connectivity index (χ1) is 12.7. The van der Waals surface area contributed by atoms with E-state index in [0.717, 1.165) is 36.1 Å². The molecule has 0 aliphatic rings. The molecule has 134 valence electrons. The van der Waals surface area contributed by atoms with Gasteiger partial charge in [0.25, 0.3) is 0 Å². The summed E-state index contributed by atoms with van der Waals surface area (Å²) < 4.78 is 5.98. The molecule has 0 bridgehead atoms. The van der Waals surface area contributed by atoms with Crippen LogP contribution >= 0.6 is 0 Å². The Kier molecular flexibility index (Phi) is 6.01. The Bertz CT molecular complexity index is 823. The summed E-state index contributed by atoms with van der Waals surface area (Å²) in [6, 6.07) is 19.4. The Morgan fingerprint density at radius 2 is 1.65 bits per heavy atom. The number of rotatable bonds is 8.